The first-order valence-electron chi connectivity index (χ1n) is 5.59. The summed E-state index contributed by atoms with van der Waals surface area (Å²) in [4.78, 5) is 15.5. The SMILES string of the molecule is Cc1cc(NC(=O)NCc2ccncc2)nn1C. The first-order valence-corrected chi connectivity index (χ1v) is 5.59. The van der Waals surface area contributed by atoms with E-state index in [-0.39, 0.29) is 6.03 Å². The quantitative estimate of drug-likeness (QED) is 0.859. The van der Waals surface area contributed by atoms with E-state index in [1.807, 2.05) is 32.2 Å². The molecule has 0 aliphatic rings. The van der Waals surface area contributed by atoms with Gasteiger partial charge >= 0.3 is 6.03 Å². The van der Waals surface area contributed by atoms with Crippen LogP contribution < -0.4 is 10.6 Å². The van der Waals surface area contributed by atoms with Crippen LogP contribution in [0, 0.1) is 6.92 Å². The zero-order valence-corrected chi connectivity index (χ0v) is 10.3. The van der Waals surface area contributed by atoms with Gasteiger partial charge < -0.3 is 5.32 Å². The van der Waals surface area contributed by atoms with Crippen molar-refractivity contribution in [3.05, 3.63) is 41.9 Å². The van der Waals surface area contributed by atoms with Gasteiger partial charge in [0, 0.05) is 37.7 Å². The average molecular weight is 245 g/mol. The molecule has 0 bridgehead atoms. The molecule has 2 amide bonds. The first kappa shape index (κ1) is 12.1. The van der Waals surface area contributed by atoms with E-state index in [9.17, 15) is 4.79 Å². The van der Waals surface area contributed by atoms with Crippen LogP contribution in [0.3, 0.4) is 0 Å². The molecule has 6 heteroatoms. The fraction of sp³-hybridized carbons (Fsp3) is 0.250. The number of pyridine rings is 1. The monoisotopic (exact) mass is 245 g/mol. The molecule has 2 heterocycles. The molecule has 0 radical (unpaired) electrons. The lowest BCUT2D eigenvalue weighted by atomic mass is 10.3. The number of carbonyl (C=O) groups excluding carboxylic acids is 1. The van der Waals surface area contributed by atoms with Crippen LogP contribution >= 0.6 is 0 Å². The van der Waals surface area contributed by atoms with E-state index < -0.39 is 0 Å². The third kappa shape index (κ3) is 3.07. The molecule has 0 spiro atoms. The Kier molecular flexibility index (Phi) is 3.57. The van der Waals surface area contributed by atoms with Gasteiger partial charge in [-0.05, 0) is 24.6 Å². The maximum Gasteiger partial charge on any atom is 0.320 e. The Morgan fingerprint density at radius 3 is 2.72 bits per heavy atom. The average Bonchev–Trinajstić information content (AvgIpc) is 2.67. The van der Waals surface area contributed by atoms with Crippen LogP contribution in [-0.2, 0) is 13.6 Å². The summed E-state index contributed by atoms with van der Waals surface area (Å²) in [6.07, 6.45) is 3.38. The van der Waals surface area contributed by atoms with Gasteiger partial charge in [0.25, 0.3) is 0 Å². The van der Waals surface area contributed by atoms with Crippen molar-refractivity contribution in [1.82, 2.24) is 20.1 Å². The van der Waals surface area contributed by atoms with Crippen molar-refractivity contribution in [1.29, 1.82) is 0 Å². The Morgan fingerprint density at radius 1 is 1.39 bits per heavy atom. The number of aryl methyl sites for hydroxylation is 2. The molecule has 0 aliphatic heterocycles. The number of nitrogens with one attached hydrogen (secondary N) is 2. The summed E-state index contributed by atoms with van der Waals surface area (Å²) in [5.74, 6) is 0.544. The van der Waals surface area contributed by atoms with Crippen molar-refractivity contribution in [3.8, 4) is 0 Å². The van der Waals surface area contributed by atoms with Crippen molar-refractivity contribution >= 4 is 11.8 Å². The predicted octanol–water partition coefficient (Wildman–Crippen LogP) is 1.45. The van der Waals surface area contributed by atoms with Crippen molar-refractivity contribution in [2.75, 3.05) is 5.32 Å². The fourth-order valence-corrected chi connectivity index (χ4v) is 1.47. The Morgan fingerprint density at radius 2 is 2.11 bits per heavy atom. The number of nitrogens with zero attached hydrogens (tertiary/aromatic N) is 3. The van der Waals surface area contributed by atoms with Gasteiger partial charge in [0.1, 0.15) is 0 Å². The summed E-state index contributed by atoms with van der Waals surface area (Å²) < 4.78 is 1.71. The molecular weight excluding hydrogens is 230 g/mol. The van der Waals surface area contributed by atoms with Gasteiger partial charge in [0.15, 0.2) is 5.82 Å². The topological polar surface area (TPSA) is 71.8 Å². The standard InChI is InChI=1S/C12H15N5O/c1-9-7-11(16-17(9)2)15-12(18)14-8-10-3-5-13-6-4-10/h3-7H,8H2,1-2H3,(H2,14,15,16,18). The third-order valence-corrected chi connectivity index (χ3v) is 2.56. The number of rotatable bonds is 3. The maximum atomic E-state index is 11.6. The third-order valence-electron chi connectivity index (χ3n) is 2.56. The zero-order chi connectivity index (χ0) is 13.0. The normalized spacial score (nSPS) is 10.1. The van der Waals surface area contributed by atoms with E-state index >= 15 is 0 Å². The highest BCUT2D eigenvalue weighted by molar-refractivity contribution is 5.88. The van der Waals surface area contributed by atoms with Gasteiger partial charge in [-0.2, -0.15) is 5.10 Å². The molecule has 0 saturated heterocycles. The summed E-state index contributed by atoms with van der Waals surface area (Å²) in [5, 5.41) is 9.57. The molecule has 6 nitrogen and oxygen atoms in total. The van der Waals surface area contributed by atoms with Gasteiger partial charge in [-0.1, -0.05) is 0 Å². The minimum atomic E-state index is -0.273. The second kappa shape index (κ2) is 5.31. The highest BCUT2D eigenvalue weighted by atomic mass is 16.2. The molecule has 2 aromatic rings. The molecular formula is C12H15N5O. The van der Waals surface area contributed by atoms with Gasteiger partial charge in [-0.15, -0.1) is 0 Å². The lowest BCUT2D eigenvalue weighted by Crippen LogP contribution is -2.28. The number of anilines is 1. The smallest absolute Gasteiger partial charge is 0.320 e. The lowest BCUT2D eigenvalue weighted by molar-refractivity contribution is 0.251. The first-order chi connectivity index (χ1) is 8.65. The van der Waals surface area contributed by atoms with Crippen molar-refractivity contribution in [3.63, 3.8) is 0 Å². The number of amides is 2. The van der Waals surface area contributed by atoms with Crippen LogP contribution in [0.25, 0.3) is 0 Å². The predicted molar refractivity (Wildman–Crippen MR) is 68.0 cm³/mol. The fourth-order valence-electron chi connectivity index (χ4n) is 1.47. The summed E-state index contributed by atoms with van der Waals surface area (Å²) in [6.45, 7) is 2.38. The van der Waals surface area contributed by atoms with Crippen LogP contribution in [0.2, 0.25) is 0 Å². The highest BCUT2D eigenvalue weighted by Crippen LogP contribution is 2.06. The summed E-state index contributed by atoms with van der Waals surface area (Å²) in [6, 6.07) is 5.24. The van der Waals surface area contributed by atoms with Crippen LogP contribution in [0.15, 0.2) is 30.6 Å². The second-order valence-electron chi connectivity index (χ2n) is 3.96. The number of urea groups is 1. The van der Waals surface area contributed by atoms with Crippen LogP contribution in [0.4, 0.5) is 10.6 Å². The molecule has 2 aromatic heterocycles. The second-order valence-corrected chi connectivity index (χ2v) is 3.96. The molecule has 0 atom stereocenters. The highest BCUT2D eigenvalue weighted by Gasteiger charge is 2.05. The Hall–Kier alpha value is -2.37. The molecule has 0 saturated carbocycles. The number of aromatic nitrogens is 3. The lowest BCUT2D eigenvalue weighted by Gasteiger charge is -2.05. The molecule has 0 unspecified atom stereocenters. The zero-order valence-electron chi connectivity index (χ0n) is 10.3. The van der Waals surface area contributed by atoms with E-state index in [2.05, 4.69) is 20.7 Å². The molecule has 0 fully saturated rings. The van der Waals surface area contributed by atoms with Crippen LogP contribution in [-0.4, -0.2) is 20.8 Å². The van der Waals surface area contributed by atoms with Crippen molar-refractivity contribution in [2.24, 2.45) is 7.05 Å². The minimum Gasteiger partial charge on any atom is -0.334 e. The minimum absolute atomic E-state index is 0.273. The van der Waals surface area contributed by atoms with E-state index in [1.54, 1.807) is 17.1 Å². The van der Waals surface area contributed by atoms with E-state index in [0.717, 1.165) is 11.3 Å². The van der Waals surface area contributed by atoms with Crippen LogP contribution in [0.5, 0.6) is 0 Å². The van der Waals surface area contributed by atoms with Crippen molar-refractivity contribution in [2.45, 2.75) is 13.5 Å². The molecule has 0 aromatic carbocycles. The van der Waals surface area contributed by atoms with Gasteiger partial charge in [-0.25, -0.2) is 4.79 Å². The molecule has 18 heavy (non-hydrogen) atoms. The summed E-state index contributed by atoms with van der Waals surface area (Å²) in [5.41, 5.74) is 1.98. The Labute approximate surface area is 105 Å². The summed E-state index contributed by atoms with van der Waals surface area (Å²) in [7, 11) is 1.83. The number of hydrogen-bond donors (Lipinski definition) is 2. The molecule has 0 aliphatic carbocycles. The summed E-state index contributed by atoms with van der Waals surface area (Å²) >= 11 is 0. The van der Waals surface area contributed by atoms with Gasteiger partial charge in [-0.3, -0.25) is 15.0 Å². The largest absolute Gasteiger partial charge is 0.334 e. The Balaban J connectivity index is 1.86. The van der Waals surface area contributed by atoms with Crippen molar-refractivity contribution < 1.29 is 4.79 Å². The molecule has 2 N–H and O–H groups in total. The van der Waals surface area contributed by atoms with E-state index in [0.29, 0.717) is 12.4 Å². The number of carbonyl (C=O) groups is 1. The maximum absolute atomic E-state index is 11.6. The molecule has 94 valence electrons. The van der Waals surface area contributed by atoms with E-state index in [4.69, 9.17) is 0 Å². The number of hydrogen-bond acceptors (Lipinski definition) is 3. The van der Waals surface area contributed by atoms with E-state index in [1.165, 1.54) is 0 Å². The molecule has 2 rings (SSSR count). The Bertz CT molecular complexity index is 515. The van der Waals surface area contributed by atoms with Gasteiger partial charge in [0.05, 0.1) is 0 Å². The van der Waals surface area contributed by atoms with Crippen LogP contribution in [0.1, 0.15) is 11.3 Å². The van der Waals surface area contributed by atoms with Gasteiger partial charge in [0.2, 0.25) is 0 Å².